The summed E-state index contributed by atoms with van der Waals surface area (Å²) >= 11 is 0. The van der Waals surface area contributed by atoms with Crippen molar-refractivity contribution in [3.63, 3.8) is 0 Å². The number of nitrogens with zero attached hydrogens (tertiary/aromatic N) is 1. The molecule has 4 nitrogen and oxygen atoms in total. The lowest BCUT2D eigenvalue weighted by atomic mass is 10.00. The van der Waals surface area contributed by atoms with Gasteiger partial charge in [0, 0.05) is 0 Å². The van der Waals surface area contributed by atoms with Gasteiger partial charge in [0.2, 0.25) is 0 Å². The number of aliphatic imine (C=N–C) groups is 1. The third kappa shape index (κ3) is 1.50. The standard InChI is InChI=1S/C7H13N3O/c1-3-4(2)5-6(11)10-7(8)9-5/h4-5H,3H2,1-2H3,(H3,8,9,10,11). The lowest BCUT2D eigenvalue weighted by molar-refractivity contribution is -0.121. The molecule has 0 radical (unpaired) electrons. The quantitative estimate of drug-likeness (QED) is 0.582. The van der Waals surface area contributed by atoms with Crippen molar-refractivity contribution >= 4 is 11.9 Å². The van der Waals surface area contributed by atoms with Gasteiger partial charge in [0.15, 0.2) is 5.96 Å². The van der Waals surface area contributed by atoms with E-state index in [1.165, 1.54) is 0 Å². The van der Waals surface area contributed by atoms with E-state index in [-0.39, 0.29) is 23.8 Å². The minimum Gasteiger partial charge on any atom is -0.370 e. The van der Waals surface area contributed by atoms with Crippen LogP contribution in [0.1, 0.15) is 20.3 Å². The summed E-state index contributed by atoms with van der Waals surface area (Å²) in [4.78, 5) is 15.1. The predicted octanol–water partition coefficient (Wildman–Crippen LogP) is -0.154. The smallest absolute Gasteiger partial charge is 0.251 e. The number of guanidine groups is 1. The highest BCUT2D eigenvalue weighted by atomic mass is 16.2. The lowest BCUT2D eigenvalue weighted by Crippen LogP contribution is -2.34. The predicted molar refractivity (Wildman–Crippen MR) is 43.0 cm³/mol. The fraction of sp³-hybridized carbons (Fsp3) is 0.714. The molecule has 0 aromatic heterocycles. The van der Waals surface area contributed by atoms with Crippen LogP contribution >= 0.6 is 0 Å². The van der Waals surface area contributed by atoms with Gasteiger partial charge in [-0.1, -0.05) is 20.3 Å². The topological polar surface area (TPSA) is 67.5 Å². The maximum atomic E-state index is 11.1. The van der Waals surface area contributed by atoms with Gasteiger partial charge in [-0.15, -0.1) is 0 Å². The minimum atomic E-state index is -0.264. The first-order valence-electron chi connectivity index (χ1n) is 3.79. The molecule has 0 aromatic carbocycles. The molecule has 62 valence electrons. The Labute approximate surface area is 65.9 Å². The van der Waals surface area contributed by atoms with Crippen molar-refractivity contribution in [3.05, 3.63) is 0 Å². The molecule has 1 heterocycles. The highest BCUT2D eigenvalue weighted by Crippen LogP contribution is 2.13. The Morgan fingerprint density at radius 2 is 2.45 bits per heavy atom. The van der Waals surface area contributed by atoms with Crippen LogP contribution < -0.4 is 11.1 Å². The molecule has 2 atom stereocenters. The van der Waals surface area contributed by atoms with Crippen LogP contribution in [-0.4, -0.2) is 17.9 Å². The Hall–Kier alpha value is -1.06. The van der Waals surface area contributed by atoms with E-state index in [0.29, 0.717) is 0 Å². The molecule has 0 fully saturated rings. The third-order valence-electron chi connectivity index (χ3n) is 1.98. The Morgan fingerprint density at radius 3 is 2.82 bits per heavy atom. The van der Waals surface area contributed by atoms with Crippen LogP contribution in [0.2, 0.25) is 0 Å². The number of nitrogens with two attached hydrogens (primary N) is 1. The van der Waals surface area contributed by atoms with Crippen molar-refractivity contribution in [1.82, 2.24) is 5.32 Å². The van der Waals surface area contributed by atoms with Gasteiger partial charge in [0.25, 0.3) is 5.91 Å². The monoisotopic (exact) mass is 155 g/mol. The second-order valence-electron chi connectivity index (χ2n) is 2.83. The molecule has 1 aliphatic rings. The second-order valence-corrected chi connectivity index (χ2v) is 2.83. The summed E-state index contributed by atoms with van der Waals surface area (Å²) in [5.74, 6) is 0.452. The van der Waals surface area contributed by atoms with Gasteiger partial charge < -0.3 is 5.73 Å². The van der Waals surface area contributed by atoms with E-state index < -0.39 is 0 Å². The number of hydrogen-bond acceptors (Lipinski definition) is 3. The largest absolute Gasteiger partial charge is 0.370 e. The molecule has 1 amide bonds. The van der Waals surface area contributed by atoms with Crippen molar-refractivity contribution < 1.29 is 4.79 Å². The SMILES string of the molecule is CCC(C)C1N=C(N)NC1=O. The normalized spacial score (nSPS) is 26.2. The molecular formula is C7H13N3O. The van der Waals surface area contributed by atoms with E-state index in [1.54, 1.807) is 0 Å². The fourth-order valence-corrected chi connectivity index (χ4v) is 1.05. The van der Waals surface area contributed by atoms with E-state index in [9.17, 15) is 4.79 Å². The van der Waals surface area contributed by atoms with Crippen LogP contribution in [0.4, 0.5) is 0 Å². The number of nitrogens with one attached hydrogen (secondary N) is 1. The molecule has 3 N–H and O–H groups in total. The van der Waals surface area contributed by atoms with E-state index in [1.807, 2.05) is 13.8 Å². The number of carbonyl (C=O) groups excluding carboxylic acids is 1. The Kier molecular flexibility index (Phi) is 2.12. The summed E-state index contributed by atoms with van der Waals surface area (Å²) in [6, 6.07) is -0.264. The first-order valence-corrected chi connectivity index (χ1v) is 3.79. The van der Waals surface area contributed by atoms with Gasteiger partial charge >= 0.3 is 0 Å². The summed E-state index contributed by atoms with van der Waals surface area (Å²) in [6.07, 6.45) is 0.939. The summed E-state index contributed by atoms with van der Waals surface area (Å²) < 4.78 is 0. The van der Waals surface area contributed by atoms with Crippen molar-refractivity contribution in [1.29, 1.82) is 0 Å². The zero-order valence-corrected chi connectivity index (χ0v) is 6.79. The number of hydrogen-bond donors (Lipinski definition) is 2. The molecule has 1 aliphatic heterocycles. The maximum absolute atomic E-state index is 11.1. The van der Waals surface area contributed by atoms with Crippen molar-refractivity contribution in [2.75, 3.05) is 0 Å². The zero-order valence-electron chi connectivity index (χ0n) is 6.79. The first kappa shape index (κ1) is 8.04. The van der Waals surface area contributed by atoms with E-state index in [2.05, 4.69) is 10.3 Å². The fourth-order valence-electron chi connectivity index (χ4n) is 1.05. The zero-order chi connectivity index (χ0) is 8.43. The van der Waals surface area contributed by atoms with Crippen LogP contribution in [0.25, 0.3) is 0 Å². The van der Waals surface area contributed by atoms with Crippen LogP contribution in [-0.2, 0) is 4.79 Å². The molecule has 2 unspecified atom stereocenters. The molecule has 0 bridgehead atoms. The average Bonchev–Trinajstić information content (AvgIpc) is 2.28. The highest BCUT2D eigenvalue weighted by molar-refractivity contribution is 6.04. The van der Waals surface area contributed by atoms with Crippen molar-refractivity contribution in [3.8, 4) is 0 Å². The summed E-state index contributed by atoms with van der Waals surface area (Å²) in [6.45, 7) is 4.02. The van der Waals surface area contributed by atoms with Crippen molar-refractivity contribution in [2.45, 2.75) is 26.3 Å². The molecule has 0 aliphatic carbocycles. The second kappa shape index (κ2) is 2.90. The molecular weight excluding hydrogens is 142 g/mol. The number of rotatable bonds is 2. The molecule has 0 spiro atoms. The highest BCUT2D eigenvalue weighted by Gasteiger charge is 2.28. The van der Waals surface area contributed by atoms with Gasteiger partial charge in [0.1, 0.15) is 6.04 Å². The van der Waals surface area contributed by atoms with Crippen LogP contribution in [0.5, 0.6) is 0 Å². The minimum absolute atomic E-state index is 0.0724. The Morgan fingerprint density at radius 1 is 1.82 bits per heavy atom. The van der Waals surface area contributed by atoms with Crippen LogP contribution in [0.15, 0.2) is 4.99 Å². The molecule has 11 heavy (non-hydrogen) atoms. The lowest BCUT2D eigenvalue weighted by Gasteiger charge is -2.10. The molecule has 0 aromatic rings. The average molecular weight is 155 g/mol. The van der Waals surface area contributed by atoms with Gasteiger partial charge in [-0.25, -0.2) is 4.99 Å². The van der Waals surface area contributed by atoms with E-state index >= 15 is 0 Å². The number of amides is 1. The van der Waals surface area contributed by atoms with Gasteiger partial charge in [0.05, 0.1) is 0 Å². The summed E-state index contributed by atoms with van der Waals surface area (Å²) in [5.41, 5.74) is 5.33. The summed E-state index contributed by atoms with van der Waals surface area (Å²) in [5, 5.41) is 2.47. The van der Waals surface area contributed by atoms with Gasteiger partial charge in [-0.3, -0.25) is 10.1 Å². The Balaban J connectivity index is 2.65. The molecule has 4 heteroatoms. The van der Waals surface area contributed by atoms with Crippen LogP contribution in [0.3, 0.4) is 0 Å². The third-order valence-corrected chi connectivity index (χ3v) is 1.98. The summed E-state index contributed by atoms with van der Waals surface area (Å²) in [7, 11) is 0. The molecule has 0 saturated heterocycles. The molecule has 0 saturated carbocycles. The maximum Gasteiger partial charge on any atom is 0.251 e. The number of carbonyl (C=O) groups is 1. The van der Waals surface area contributed by atoms with Gasteiger partial charge in [-0.05, 0) is 5.92 Å². The van der Waals surface area contributed by atoms with Crippen molar-refractivity contribution in [2.24, 2.45) is 16.6 Å². The Bertz CT molecular complexity index is 200. The van der Waals surface area contributed by atoms with E-state index in [0.717, 1.165) is 6.42 Å². The molecule has 1 rings (SSSR count). The van der Waals surface area contributed by atoms with E-state index in [4.69, 9.17) is 5.73 Å². The van der Waals surface area contributed by atoms with Crippen LogP contribution in [0, 0.1) is 5.92 Å². The first-order chi connectivity index (χ1) is 5.15. The van der Waals surface area contributed by atoms with Gasteiger partial charge in [-0.2, -0.15) is 0 Å².